The number of hydrogen-bond donors (Lipinski definition) is 1. The number of carbonyl (C=O) groups excluding carboxylic acids is 1. The number of hydrogen-bond acceptors (Lipinski definition) is 2. The lowest BCUT2D eigenvalue weighted by molar-refractivity contribution is -0.125. The molecule has 1 heterocycles. The van der Waals surface area contributed by atoms with Crippen LogP contribution in [0.15, 0.2) is 35.5 Å². The van der Waals surface area contributed by atoms with Gasteiger partial charge in [0.15, 0.2) is 5.11 Å². The normalized spacial score (nSPS) is 21.3. The first kappa shape index (κ1) is 16.0. The molecule has 0 radical (unpaired) electrons. The van der Waals surface area contributed by atoms with Crippen LogP contribution in [0.2, 0.25) is 0 Å². The quantitative estimate of drug-likeness (QED) is 0.865. The highest BCUT2D eigenvalue weighted by molar-refractivity contribution is 7.80. The molecule has 0 aromatic heterocycles. The van der Waals surface area contributed by atoms with Crippen LogP contribution in [0, 0.1) is 6.92 Å². The topological polar surface area (TPSA) is 35.6 Å². The molecule has 0 saturated heterocycles. The summed E-state index contributed by atoms with van der Waals surface area (Å²) in [6, 6.07) is 8.51. The molecule has 0 spiro atoms. The van der Waals surface area contributed by atoms with E-state index in [2.05, 4.69) is 35.3 Å². The molecular formula is C18H23N3OS. The number of rotatable bonds is 3. The van der Waals surface area contributed by atoms with Gasteiger partial charge in [0, 0.05) is 25.8 Å². The number of amides is 1. The third-order valence-corrected chi connectivity index (χ3v) is 4.77. The van der Waals surface area contributed by atoms with E-state index in [0.29, 0.717) is 6.04 Å². The summed E-state index contributed by atoms with van der Waals surface area (Å²) in [5.41, 5.74) is 4.03. The predicted octanol–water partition coefficient (Wildman–Crippen LogP) is 2.75. The Morgan fingerprint density at radius 2 is 2.00 bits per heavy atom. The summed E-state index contributed by atoms with van der Waals surface area (Å²) in [5.74, 6) is 0.0367. The van der Waals surface area contributed by atoms with Gasteiger partial charge in [-0.3, -0.25) is 4.79 Å². The van der Waals surface area contributed by atoms with Crippen LogP contribution in [-0.2, 0) is 4.79 Å². The van der Waals surface area contributed by atoms with Gasteiger partial charge in [0.25, 0.3) is 5.91 Å². The number of aryl methyl sites for hydroxylation is 1. The van der Waals surface area contributed by atoms with Crippen LogP contribution in [0.3, 0.4) is 0 Å². The van der Waals surface area contributed by atoms with Gasteiger partial charge in [-0.15, -0.1) is 0 Å². The molecule has 1 amide bonds. The second kappa shape index (κ2) is 5.96. The molecule has 1 aromatic carbocycles. The van der Waals surface area contributed by atoms with Crippen molar-refractivity contribution in [2.75, 3.05) is 14.1 Å². The fourth-order valence-electron chi connectivity index (χ4n) is 3.15. The molecule has 2 aliphatic rings. The molecule has 1 aliphatic heterocycles. The van der Waals surface area contributed by atoms with Crippen molar-refractivity contribution < 1.29 is 4.79 Å². The van der Waals surface area contributed by atoms with E-state index in [1.165, 1.54) is 5.56 Å². The van der Waals surface area contributed by atoms with E-state index in [9.17, 15) is 4.79 Å². The molecule has 3 rings (SSSR count). The molecule has 1 fully saturated rings. The van der Waals surface area contributed by atoms with Crippen molar-refractivity contribution in [3.63, 3.8) is 0 Å². The van der Waals surface area contributed by atoms with E-state index in [-0.39, 0.29) is 11.9 Å². The minimum Gasteiger partial charge on any atom is -0.351 e. The number of nitrogens with zero attached hydrogens (tertiary/aromatic N) is 2. The Hall–Kier alpha value is -1.88. The standard InChI is InChI=1S/C18H23N3OS/c1-11-6-5-7-13(10-11)16-15(17(22)20(3)4)12(2)21(14-8-9-14)18(23)19-16/h5-7,10,14,16H,8-9H2,1-4H3,(H,19,23)/t16-/m0/s1. The zero-order valence-corrected chi connectivity index (χ0v) is 14.9. The molecule has 0 unspecified atom stereocenters. The fraction of sp³-hybridized carbons (Fsp3) is 0.444. The van der Waals surface area contributed by atoms with Crippen LogP contribution in [-0.4, -0.2) is 41.0 Å². The first-order valence-corrected chi connectivity index (χ1v) is 8.39. The average molecular weight is 329 g/mol. The number of benzene rings is 1. The molecule has 1 N–H and O–H groups in total. The van der Waals surface area contributed by atoms with Gasteiger partial charge in [-0.1, -0.05) is 29.8 Å². The van der Waals surface area contributed by atoms with Crippen molar-refractivity contribution >= 4 is 23.2 Å². The number of carbonyl (C=O) groups is 1. The molecule has 1 aliphatic carbocycles. The van der Waals surface area contributed by atoms with E-state index < -0.39 is 0 Å². The summed E-state index contributed by atoms with van der Waals surface area (Å²) in [5, 5.41) is 4.13. The lowest BCUT2D eigenvalue weighted by atomic mass is 9.93. The van der Waals surface area contributed by atoms with Gasteiger partial charge in [0.2, 0.25) is 0 Å². The van der Waals surface area contributed by atoms with E-state index in [0.717, 1.165) is 34.8 Å². The molecule has 122 valence electrons. The molecule has 4 nitrogen and oxygen atoms in total. The highest BCUT2D eigenvalue weighted by Gasteiger charge is 2.40. The second-order valence-electron chi connectivity index (χ2n) is 6.60. The monoisotopic (exact) mass is 329 g/mol. The SMILES string of the molecule is CC1=C(C(=O)N(C)C)[C@H](c2cccc(C)c2)NC(=S)N1C1CC1. The number of allylic oxidation sites excluding steroid dienone is 1. The van der Waals surface area contributed by atoms with Gasteiger partial charge in [-0.05, 0) is 44.5 Å². The summed E-state index contributed by atoms with van der Waals surface area (Å²) in [6.45, 7) is 4.08. The summed E-state index contributed by atoms with van der Waals surface area (Å²) in [6.07, 6.45) is 2.27. The first-order chi connectivity index (χ1) is 10.9. The summed E-state index contributed by atoms with van der Waals surface area (Å²) >= 11 is 5.59. The maximum Gasteiger partial charge on any atom is 0.253 e. The highest BCUT2D eigenvalue weighted by atomic mass is 32.1. The number of nitrogens with one attached hydrogen (secondary N) is 1. The number of thiocarbonyl (C=S) groups is 1. The predicted molar refractivity (Wildman–Crippen MR) is 95.9 cm³/mol. The molecule has 1 saturated carbocycles. The van der Waals surface area contributed by atoms with Gasteiger partial charge in [0.1, 0.15) is 0 Å². The maximum atomic E-state index is 12.8. The maximum absolute atomic E-state index is 12.8. The summed E-state index contributed by atoms with van der Waals surface area (Å²) in [4.78, 5) is 16.6. The first-order valence-electron chi connectivity index (χ1n) is 7.99. The Morgan fingerprint density at radius 1 is 1.30 bits per heavy atom. The summed E-state index contributed by atoms with van der Waals surface area (Å²) < 4.78 is 0. The fourth-order valence-corrected chi connectivity index (χ4v) is 3.55. The molecular weight excluding hydrogens is 306 g/mol. The van der Waals surface area contributed by atoms with Crippen molar-refractivity contribution in [1.82, 2.24) is 15.1 Å². The second-order valence-corrected chi connectivity index (χ2v) is 6.98. The van der Waals surface area contributed by atoms with Gasteiger partial charge >= 0.3 is 0 Å². The minimum absolute atomic E-state index is 0.0367. The van der Waals surface area contributed by atoms with Crippen LogP contribution in [0.1, 0.15) is 36.9 Å². The van der Waals surface area contributed by atoms with Crippen molar-refractivity contribution in [2.45, 2.75) is 38.8 Å². The third kappa shape index (κ3) is 2.98. The Morgan fingerprint density at radius 3 is 2.57 bits per heavy atom. The Bertz CT molecular complexity index is 691. The van der Waals surface area contributed by atoms with Crippen LogP contribution < -0.4 is 5.32 Å². The van der Waals surface area contributed by atoms with Crippen molar-refractivity contribution in [3.8, 4) is 0 Å². The van der Waals surface area contributed by atoms with Crippen molar-refractivity contribution in [1.29, 1.82) is 0 Å². The van der Waals surface area contributed by atoms with Crippen LogP contribution >= 0.6 is 12.2 Å². The van der Waals surface area contributed by atoms with Gasteiger partial charge in [0.05, 0.1) is 11.6 Å². The lowest BCUT2D eigenvalue weighted by Crippen LogP contribution is -2.49. The van der Waals surface area contributed by atoms with Gasteiger partial charge in [-0.25, -0.2) is 0 Å². The van der Waals surface area contributed by atoms with Crippen LogP contribution in [0.25, 0.3) is 0 Å². The molecule has 1 atom stereocenters. The Kier molecular flexibility index (Phi) is 4.15. The van der Waals surface area contributed by atoms with E-state index in [4.69, 9.17) is 12.2 Å². The zero-order chi connectivity index (χ0) is 16.7. The minimum atomic E-state index is -0.188. The zero-order valence-electron chi connectivity index (χ0n) is 14.1. The van der Waals surface area contributed by atoms with Gasteiger partial charge < -0.3 is 15.1 Å². The van der Waals surface area contributed by atoms with E-state index in [1.54, 1.807) is 19.0 Å². The van der Waals surface area contributed by atoms with Gasteiger partial charge in [-0.2, -0.15) is 0 Å². The highest BCUT2D eigenvalue weighted by Crippen LogP contribution is 2.38. The third-order valence-electron chi connectivity index (χ3n) is 4.45. The lowest BCUT2D eigenvalue weighted by Gasteiger charge is -2.38. The Balaban J connectivity index is 2.10. The average Bonchev–Trinajstić information content (AvgIpc) is 3.30. The number of likely N-dealkylation sites (N-methyl/N-ethyl adjacent to an activating group) is 1. The molecule has 1 aromatic rings. The summed E-state index contributed by atoms with van der Waals surface area (Å²) in [7, 11) is 3.59. The van der Waals surface area contributed by atoms with Crippen LogP contribution in [0.5, 0.6) is 0 Å². The molecule has 0 bridgehead atoms. The molecule has 5 heteroatoms. The molecule has 23 heavy (non-hydrogen) atoms. The smallest absolute Gasteiger partial charge is 0.253 e. The van der Waals surface area contributed by atoms with Crippen molar-refractivity contribution in [3.05, 3.63) is 46.7 Å². The Labute approximate surface area is 143 Å². The largest absolute Gasteiger partial charge is 0.351 e. The van der Waals surface area contributed by atoms with E-state index >= 15 is 0 Å². The van der Waals surface area contributed by atoms with Crippen molar-refractivity contribution in [2.24, 2.45) is 0 Å². The van der Waals surface area contributed by atoms with Crippen LogP contribution in [0.4, 0.5) is 0 Å². The van der Waals surface area contributed by atoms with E-state index in [1.807, 2.05) is 13.0 Å².